The van der Waals surface area contributed by atoms with Gasteiger partial charge in [-0.25, -0.2) is 4.39 Å². The smallest absolute Gasteiger partial charge is 0.142 e. The molecule has 19 heavy (non-hydrogen) atoms. The van der Waals surface area contributed by atoms with Crippen molar-refractivity contribution in [1.82, 2.24) is 5.32 Å². The number of nitrogens with one attached hydrogen (secondary N) is 1. The van der Waals surface area contributed by atoms with Gasteiger partial charge in [-0.1, -0.05) is 24.6 Å². The number of rotatable bonds is 5. The van der Waals surface area contributed by atoms with Gasteiger partial charge < -0.3 is 10.1 Å². The van der Waals surface area contributed by atoms with Crippen molar-refractivity contribution in [2.24, 2.45) is 5.41 Å². The molecular formula is C15H21ClFNO. The Morgan fingerprint density at radius 3 is 2.95 bits per heavy atom. The third kappa shape index (κ3) is 3.91. The minimum atomic E-state index is -0.338. The second-order valence-electron chi connectivity index (χ2n) is 5.36. The van der Waals surface area contributed by atoms with E-state index in [1.807, 2.05) is 6.07 Å². The molecule has 1 aromatic rings. The highest BCUT2D eigenvalue weighted by Crippen LogP contribution is 2.32. The Morgan fingerprint density at radius 1 is 1.47 bits per heavy atom. The monoisotopic (exact) mass is 285 g/mol. The van der Waals surface area contributed by atoms with Crippen LogP contribution >= 0.6 is 11.6 Å². The molecule has 0 saturated carbocycles. The van der Waals surface area contributed by atoms with Crippen molar-refractivity contribution >= 4 is 11.6 Å². The van der Waals surface area contributed by atoms with Gasteiger partial charge in [0.15, 0.2) is 0 Å². The molecule has 2 nitrogen and oxygen atoms in total. The fourth-order valence-electron chi connectivity index (χ4n) is 2.72. The van der Waals surface area contributed by atoms with E-state index < -0.39 is 0 Å². The number of halogens is 2. The number of hydrogen-bond donors (Lipinski definition) is 1. The van der Waals surface area contributed by atoms with Gasteiger partial charge in [0.1, 0.15) is 5.82 Å². The van der Waals surface area contributed by atoms with Crippen molar-refractivity contribution in [3.8, 4) is 0 Å². The first-order valence-electron chi connectivity index (χ1n) is 6.88. The van der Waals surface area contributed by atoms with Crippen LogP contribution in [-0.4, -0.2) is 26.3 Å². The van der Waals surface area contributed by atoms with Crippen molar-refractivity contribution in [3.63, 3.8) is 0 Å². The lowest BCUT2D eigenvalue weighted by atomic mass is 9.77. The number of benzene rings is 1. The van der Waals surface area contributed by atoms with Crippen molar-refractivity contribution in [1.29, 1.82) is 0 Å². The zero-order chi connectivity index (χ0) is 13.7. The molecule has 1 aliphatic rings. The maximum Gasteiger partial charge on any atom is 0.142 e. The molecule has 1 aromatic carbocycles. The van der Waals surface area contributed by atoms with E-state index in [9.17, 15) is 4.39 Å². The second kappa shape index (κ2) is 6.69. The molecule has 0 amide bonds. The van der Waals surface area contributed by atoms with E-state index in [0.717, 1.165) is 51.1 Å². The lowest BCUT2D eigenvalue weighted by Gasteiger charge is -2.37. The van der Waals surface area contributed by atoms with Crippen LogP contribution in [-0.2, 0) is 11.2 Å². The van der Waals surface area contributed by atoms with Crippen molar-refractivity contribution in [2.75, 3.05) is 26.3 Å². The predicted molar refractivity (Wildman–Crippen MR) is 76.1 cm³/mol. The van der Waals surface area contributed by atoms with E-state index in [1.165, 1.54) is 0 Å². The summed E-state index contributed by atoms with van der Waals surface area (Å²) >= 11 is 5.73. The molecule has 0 aliphatic carbocycles. The van der Waals surface area contributed by atoms with Crippen molar-refractivity contribution < 1.29 is 9.13 Å². The van der Waals surface area contributed by atoms with Gasteiger partial charge in [-0.2, -0.15) is 0 Å². The summed E-state index contributed by atoms with van der Waals surface area (Å²) in [5.74, 6) is -0.338. The molecule has 0 bridgehead atoms. The lowest BCUT2D eigenvalue weighted by Crippen LogP contribution is -2.42. The standard InChI is InChI=1S/C15H21ClFNO/c1-2-18-10-15(6-3-7-19-11-15)9-12-4-5-13(16)14(17)8-12/h4-5,8,18H,2-3,6-7,9-11H2,1H3. The zero-order valence-electron chi connectivity index (χ0n) is 11.3. The highest BCUT2D eigenvalue weighted by molar-refractivity contribution is 6.30. The highest BCUT2D eigenvalue weighted by atomic mass is 35.5. The minimum absolute atomic E-state index is 0.0779. The van der Waals surface area contributed by atoms with E-state index in [0.29, 0.717) is 0 Å². The largest absolute Gasteiger partial charge is 0.381 e. The molecule has 0 spiro atoms. The Bertz CT molecular complexity index is 419. The molecule has 0 aromatic heterocycles. The first-order valence-corrected chi connectivity index (χ1v) is 7.25. The molecule has 4 heteroatoms. The van der Waals surface area contributed by atoms with Crippen LogP contribution in [0.4, 0.5) is 4.39 Å². The Balaban J connectivity index is 2.12. The second-order valence-corrected chi connectivity index (χ2v) is 5.77. The van der Waals surface area contributed by atoms with E-state index in [4.69, 9.17) is 16.3 Å². The van der Waals surface area contributed by atoms with Gasteiger partial charge in [0.05, 0.1) is 11.6 Å². The van der Waals surface area contributed by atoms with Crippen LogP contribution in [0.5, 0.6) is 0 Å². The number of hydrogen-bond acceptors (Lipinski definition) is 2. The third-order valence-corrected chi connectivity index (χ3v) is 4.02. The van der Waals surface area contributed by atoms with Crippen molar-refractivity contribution in [2.45, 2.75) is 26.2 Å². The van der Waals surface area contributed by atoms with Crippen LogP contribution in [0.3, 0.4) is 0 Å². The van der Waals surface area contributed by atoms with Gasteiger partial charge in [-0.15, -0.1) is 0 Å². The zero-order valence-corrected chi connectivity index (χ0v) is 12.1. The van der Waals surface area contributed by atoms with Gasteiger partial charge in [-0.3, -0.25) is 0 Å². The number of ether oxygens (including phenoxy) is 1. The average Bonchev–Trinajstić information content (AvgIpc) is 2.42. The summed E-state index contributed by atoms with van der Waals surface area (Å²) in [6.07, 6.45) is 3.01. The summed E-state index contributed by atoms with van der Waals surface area (Å²) in [7, 11) is 0. The first kappa shape index (κ1) is 14.8. The Kier molecular flexibility index (Phi) is 5.20. The molecule has 1 heterocycles. The average molecular weight is 286 g/mol. The predicted octanol–water partition coefficient (Wildman–Crippen LogP) is 3.43. The Hall–Kier alpha value is -0.640. The molecule has 106 valence electrons. The van der Waals surface area contributed by atoms with Crippen LogP contribution < -0.4 is 5.32 Å². The summed E-state index contributed by atoms with van der Waals surface area (Å²) in [6.45, 7) is 5.52. The third-order valence-electron chi connectivity index (χ3n) is 3.72. The van der Waals surface area contributed by atoms with Gasteiger partial charge in [-0.05, 0) is 43.5 Å². The fourth-order valence-corrected chi connectivity index (χ4v) is 2.84. The molecular weight excluding hydrogens is 265 g/mol. The molecule has 2 rings (SSSR count). The summed E-state index contributed by atoms with van der Waals surface area (Å²) in [5.41, 5.74) is 1.07. The minimum Gasteiger partial charge on any atom is -0.381 e. The van der Waals surface area contributed by atoms with Crippen LogP contribution in [0, 0.1) is 11.2 Å². The lowest BCUT2D eigenvalue weighted by molar-refractivity contribution is -0.00693. The molecule has 1 aliphatic heterocycles. The summed E-state index contributed by atoms with van der Waals surface area (Å²) in [6, 6.07) is 5.09. The topological polar surface area (TPSA) is 21.3 Å². The summed E-state index contributed by atoms with van der Waals surface area (Å²) in [4.78, 5) is 0. The maximum absolute atomic E-state index is 13.5. The van der Waals surface area contributed by atoms with Gasteiger partial charge in [0.2, 0.25) is 0 Å². The SMILES string of the molecule is CCNCC1(Cc2ccc(Cl)c(F)c2)CCCOC1. The summed E-state index contributed by atoms with van der Waals surface area (Å²) < 4.78 is 19.2. The summed E-state index contributed by atoms with van der Waals surface area (Å²) in [5, 5.41) is 3.59. The molecule has 1 N–H and O–H groups in total. The van der Waals surface area contributed by atoms with Crippen LogP contribution in [0.1, 0.15) is 25.3 Å². The van der Waals surface area contributed by atoms with Gasteiger partial charge >= 0.3 is 0 Å². The quantitative estimate of drug-likeness (QED) is 0.895. The first-order chi connectivity index (χ1) is 9.15. The highest BCUT2D eigenvalue weighted by Gasteiger charge is 2.32. The van der Waals surface area contributed by atoms with E-state index in [1.54, 1.807) is 12.1 Å². The molecule has 1 atom stereocenters. The maximum atomic E-state index is 13.5. The fraction of sp³-hybridized carbons (Fsp3) is 0.600. The van der Waals surface area contributed by atoms with E-state index in [-0.39, 0.29) is 16.3 Å². The Labute approximate surface area is 119 Å². The van der Waals surface area contributed by atoms with Gasteiger partial charge in [0.25, 0.3) is 0 Å². The van der Waals surface area contributed by atoms with Crippen molar-refractivity contribution in [3.05, 3.63) is 34.6 Å². The molecule has 1 unspecified atom stereocenters. The molecule has 0 radical (unpaired) electrons. The van der Waals surface area contributed by atoms with Gasteiger partial charge in [0, 0.05) is 18.6 Å². The molecule has 1 saturated heterocycles. The Morgan fingerprint density at radius 2 is 2.32 bits per heavy atom. The van der Waals surface area contributed by atoms with Crippen LogP contribution in [0.25, 0.3) is 0 Å². The van der Waals surface area contributed by atoms with E-state index >= 15 is 0 Å². The van der Waals surface area contributed by atoms with Crippen LogP contribution in [0.15, 0.2) is 18.2 Å². The van der Waals surface area contributed by atoms with E-state index in [2.05, 4.69) is 12.2 Å². The normalized spacial score (nSPS) is 23.5. The van der Waals surface area contributed by atoms with Crippen LogP contribution in [0.2, 0.25) is 5.02 Å². The molecule has 1 fully saturated rings.